The number of carbonyl (C=O) groups is 2. The summed E-state index contributed by atoms with van der Waals surface area (Å²) in [5.41, 5.74) is 0. The Morgan fingerprint density at radius 1 is 1.64 bits per heavy atom. The molecule has 0 aliphatic rings. The SMILES string of the molecule is CCOC(=O)[C@@H](O)[C@@H](O)C=O. The molecule has 0 aromatic carbocycles. The predicted octanol–water partition coefficient (Wildman–Crippen LogP) is -1.53. The van der Waals surface area contributed by atoms with E-state index >= 15 is 0 Å². The maximum Gasteiger partial charge on any atom is 0.338 e. The summed E-state index contributed by atoms with van der Waals surface area (Å²) in [5.74, 6) is -0.993. The molecule has 0 saturated carbocycles. The van der Waals surface area contributed by atoms with Gasteiger partial charge in [0.2, 0.25) is 0 Å². The molecular formula is C6H10O5. The number of ether oxygens (including phenoxy) is 1. The topological polar surface area (TPSA) is 83.8 Å². The summed E-state index contributed by atoms with van der Waals surface area (Å²) >= 11 is 0. The molecule has 5 heteroatoms. The van der Waals surface area contributed by atoms with Crippen LogP contribution in [0.15, 0.2) is 0 Å². The van der Waals surface area contributed by atoms with Gasteiger partial charge in [-0.1, -0.05) is 0 Å². The number of hydrogen-bond acceptors (Lipinski definition) is 5. The minimum absolute atomic E-state index is 0.0710. The van der Waals surface area contributed by atoms with Gasteiger partial charge in [0.05, 0.1) is 6.61 Å². The summed E-state index contributed by atoms with van der Waals surface area (Å²) < 4.78 is 4.32. The number of aliphatic hydroxyl groups excluding tert-OH is 2. The van der Waals surface area contributed by atoms with Crippen LogP contribution in [0, 0.1) is 0 Å². The monoisotopic (exact) mass is 162 g/mol. The van der Waals surface area contributed by atoms with Gasteiger partial charge >= 0.3 is 5.97 Å². The summed E-state index contributed by atoms with van der Waals surface area (Å²) in [7, 11) is 0. The Morgan fingerprint density at radius 2 is 2.18 bits per heavy atom. The smallest absolute Gasteiger partial charge is 0.338 e. The number of carbonyl (C=O) groups excluding carboxylic acids is 2. The number of aliphatic hydroxyl groups is 2. The average Bonchev–Trinajstić information content (AvgIpc) is 2.02. The van der Waals surface area contributed by atoms with E-state index in [9.17, 15) is 9.59 Å². The van der Waals surface area contributed by atoms with E-state index in [-0.39, 0.29) is 12.9 Å². The van der Waals surface area contributed by atoms with Gasteiger partial charge in [0, 0.05) is 0 Å². The molecule has 0 aromatic heterocycles. The fraction of sp³-hybridized carbons (Fsp3) is 0.667. The van der Waals surface area contributed by atoms with E-state index in [1.54, 1.807) is 6.92 Å². The first-order chi connectivity index (χ1) is 5.13. The average molecular weight is 162 g/mol. The van der Waals surface area contributed by atoms with Crippen molar-refractivity contribution in [3.63, 3.8) is 0 Å². The zero-order valence-electron chi connectivity index (χ0n) is 6.06. The van der Waals surface area contributed by atoms with E-state index in [0.29, 0.717) is 0 Å². The van der Waals surface area contributed by atoms with Crippen molar-refractivity contribution in [1.82, 2.24) is 0 Å². The molecule has 0 rings (SSSR count). The van der Waals surface area contributed by atoms with Crippen molar-refractivity contribution in [1.29, 1.82) is 0 Å². The summed E-state index contributed by atoms with van der Waals surface area (Å²) in [5, 5.41) is 17.4. The van der Waals surface area contributed by atoms with Gasteiger partial charge in [-0.15, -0.1) is 0 Å². The molecular weight excluding hydrogens is 152 g/mol. The lowest BCUT2D eigenvalue weighted by molar-refractivity contribution is -0.160. The van der Waals surface area contributed by atoms with Gasteiger partial charge in [0.15, 0.2) is 12.4 Å². The first kappa shape index (κ1) is 10.1. The molecule has 0 bridgehead atoms. The highest BCUT2D eigenvalue weighted by Gasteiger charge is 2.24. The second-order valence-electron chi connectivity index (χ2n) is 1.82. The predicted molar refractivity (Wildman–Crippen MR) is 34.7 cm³/mol. The zero-order chi connectivity index (χ0) is 8.85. The van der Waals surface area contributed by atoms with Crippen molar-refractivity contribution >= 4 is 12.3 Å². The second-order valence-corrected chi connectivity index (χ2v) is 1.82. The van der Waals surface area contributed by atoms with E-state index in [4.69, 9.17) is 10.2 Å². The van der Waals surface area contributed by atoms with Crippen LogP contribution in [0.25, 0.3) is 0 Å². The molecule has 5 nitrogen and oxygen atoms in total. The fourth-order valence-electron chi connectivity index (χ4n) is 0.441. The van der Waals surface area contributed by atoms with Crippen LogP contribution in [-0.2, 0) is 14.3 Å². The maximum absolute atomic E-state index is 10.6. The van der Waals surface area contributed by atoms with Crippen LogP contribution >= 0.6 is 0 Å². The standard InChI is InChI=1S/C6H10O5/c1-2-11-6(10)5(9)4(8)3-7/h3-5,8-9H,2H2,1H3/t4-,5-/m0/s1. The van der Waals surface area contributed by atoms with Crippen LogP contribution in [0.4, 0.5) is 0 Å². The van der Waals surface area contributed by atoms with Crippen LogP contribution in [-0.4, -0.2) is 41.3 Å². The molecule has 64 valence electrons. The molecule has 11 heavy (non-hydrogen) atoms. The molecule has 2 atom stereocenters. The number of rotatable bonds is 4. The molecule has 0 unspecified atom stereocenters. The third-order valence-corrected chi connectivity index (χ3v) is 0.991. The van der Waals surface area contributed by atoms with E-state index in [1.165, 1.54) is 0 Å². The van der Waals surface area contributed by atoms with Crippen LogP contribution in [0.1, 0.15) is 6.92 Å². The first-order valence-corrected chi connectivity index (χ1v) is 3.11. The third-order valence-electron chi connectivity index (χ3n) is 0.991. The lowest BCUT2D eigenvalue weighted by Crippen LogP contribution is -2.36. The minimum atomic E-state index is -1.77. The van der Waals surface area contributed by atoms with Crippen LogP contribution in [0.5, 0.6) is 0 Å². The van der Waals surface area contributed by atoms with Crippen molar-refractivity contribution in [3.05, 3.63) is 0 Å². The molecule has 0 spiro atoms. The van der Waals surface area contributed by atoms with Gasteiger partial charge < -0.3 is 19.7 Å². The van der Waals surface area contributed by atoms with Crippen LogP contribution < -0.4 is 0 Å². The zero-order valence-corrected chi connectivity index (χ0v) is 6.06. The van der Waals surface area contributed by atoms with Crippen molar-refractivity contribution in [2.75, 3.05) is 6.61 Å². The number of aldehydes is 1. The van der Waals surface area contributed by atoms with E-state index < -0.39 is 18.2 Å². The first-order valence-electron chi connectivity index (χ1n) is 3.11. The van der Waals surface area contributed by atoms with E-state index in [0.717, 1.165) is 0 Å². The molecule has 0 saturated heterocycles. The fourth-order valence-corrected chi connectivity index (χ4v) is 0.441. The Kier molecular flexibility index (Phi) is 4.40. The quantitative estimate of drug-likeness (QED) is 0.387. The second kappa shape index (κ2) is 4.81. The normalized spacial score (nSPS) is 15.2. The van der Waals surface area contributed by atoms with E-state index in [2.05, 4.69) is 4.74 Å². The Bertz CT molecular complexity index is 144. The van der Waals surface area contributed by atoms with Gasteiger partial charge in [-0.3, -0.25) is 0 Å². The van der Waals surface area contributed by atoms with Crippen molar-refractivity contribution in [2.45, 2.75) is 19.1 Å². The number of esters is 1. The Labute approximate surface area is 63.6 Å². The molecule has 0 aromatic rings. The van der Waals surface area contributed by atoms with Crippen molar-refractivity contribution in [3.8, 4) is 0 Å². The third kappa shape index (κ3) is 3.10. The molecule has 0 aliphatic heterocycles. The van der Waals surface area contributed by atoms with E-state index in [1.807, 2.05) is 0 Å². The molecule has 0 heterocycles. The molecule has 0 fully saturated rings. The minimum Gasteiger partial charge on any atom is -0.464 e. The lowest BCUT2D eigenvalue weighted by atomic mass is 10.2. The Hall–Kier alpha value is -0.940. The van der Waals surface area contributed by atoms with Gasteiger partial charge in [-0.25, -0.2) is 4.79 Å². The lowest BCUT2D eigenvalue weighted by Gasteiger charge is -2.10. The number of hydrogen-bond donors (Lipinski definition) is 2. The molecule has 0 radical (unpaired) electrons. The Morgan fingerprint density at radius 3 is 2.55 bits per heavy atom. The molecule has 0 amide bonds. The molecule has 2 N–H and O–H groups in total. The van der Waals surface area contributed by atoms with Crippen molar-refractivity contribution in [2.24, 2.45) is 0 Å². The Balaban J connectivity index is 3.90. The van der Waals surface area contributed by atoms with Gasteiger partial charge in [-0.2, -0.15) is 0 Å². The summed E-state index contributed by atoms with van der Waals surface area (Å²) in [4.78, 5) is 20.4. The van der Waals surface area contributed by atoms with Crippen LogP contribution in [0.3, 0.4) is 0 Å². The maximum atomic E-state index is 10.6. The highest BCUT2D eigenvalue weighted by atomic mass is 16.5. The van der Waals surface area contributed by atoms with Gasteiger partial charge in [-0.05, 0) is 6.92 Å². The highest BCUT2D eigenvalue weighted by Crippen LogP contribution is 1.93. The largest absolute Gasteiger partial charge is 0.464 e. The van der Waals surface area contributed by atoms with Crippen molar-refractivity contribution < 1.29 is 24.5 Å². The summed E-state index contributed by atoms with van der Waals surface area (Å²) in [6, 6.07) is 0. The van der Waals surface area contributed by atoms with Gasteiger partial charge in [0.25, 0.3) is 0 Å². The highest BCUT2D eigenvalue weighted by molar-refractivity contribution is 5.79. The molecule has 0 aliphatic carbocycles. The van der Waals surface area contributed by atoms with Crippen LogP contribution in [0.2, 0.25) is 0 Å². The summed E-state index contributed by atoms with van der Waals surface area (Å²) in [6.07, 6.45) is -3.40. The van der Waals surface area contributed by atoms with Gasteiger partial charge in [0.1, 0.15) is 6.10 Å². The summed E-state index contributed by atoms with van der Waals surface area (Å²) in [6.45, 7) is 1.65.